The van der Waals surface area contributed by atoms with Crippen LogP contribution in [0.15, 0.2) is 216 Å². The zero-order valence-corrected chi connectivity index (χ0v) is 35.5. The fourth-order valence-corrected chi connectivity index (χ4v) is 23.1. The summed E-state index contributed by atoms with van der Waals surface area (Å²) in [5.74, 6) is 4.89. The van der Waals surface area contributed by atoms with Gasteiger partial charge in [-0.15, -0.1) is 0 Å². The van der Waals surface area contributed by atoms with Crippen molar-refractivity contribution in [2.75, 3.05) is 0 Å². The number of hydrogen-bond acceptors (Lipinski definition) is 0. The Hall–Kier alpha value is -3.87. The average Bonchev–Trinajstić information content (AvgIpc) is 3.91. The zero-order valence-electron chi connectivity index (χ0n) is 31.5. The second-order valence-electron chi connectivity index (χ2n) is 16.2. The molecule has 56 heavy (non-hydrogen) atoms. The van der Waals surface area contributed by atoms with Gasteiger partial charge < -0.3 is 24.8 Å². The second-order valence-corrected chi connectivity index (χ2v) is 22.8. The van der Waals surface area contributed by atoms with E-state index < -0.39 is 21.3 Å². The Balaban J connectivity index is 0.00000220. The number of rotatable bonds is 8. The average molecular weight is 847 g/mol. The third kappa shape index (κ3) is 6.93. The van der Waals surface area contributed by atoms with E-state index in [-0.39, 0.29) is 36.6 Å². The summed E-state index contributed by atoms with van der Waals surface area (Å²) in [4.78, 5) is 0. The number of allylic oxidation sites excluding steroid dienone is 16. The minimum atomic E-state index is -2.97. The Bertz CT molecular complexity index is 2090. The van der Waals surface area contributed by atoms with E-state index in [1.54, 1.807) is 3.28 Å². The van der Waals surface area contributed by atoms with Crippen LogP contribution in [-0.4, -0.2) is 3.21 Å². The van der Waals surface area contributed by atoms with Crippen molar-refractivity contribution < 1.29 is 46.1 Å². The van der Waals surface area contributed by atoms with Crippen molar-refractivity contribution in [3.8, 4) is 0 Å². The molecule has 4 aromatic rings. The molecule has 10 rings (SSSR count). The third-order valence-corrected chi connectivity index (χ3v) is 22.7. The van der Waals surface area contributed by atoms with Crippen LogP contribution in [0.5, 0.6) is 0 Å². The standard InChI is InChI=1S/C27H22.C21H21.C5H5.2ClH.Zr/c1-5-13-22(14-6-1)26(23-15-7-2-8-16-23)21-27(24-17-9-3-10-18-24)25-19-11-4-12-20-25;1-2-8-15-14(7-1)13-20-18-11-4-3-9-16(18)17-10-5-6-12-19(17)21(15)20;1-2-4-5-3-1;;;/h1-20,26-27H;1-21H;1-3H,4H2;2*1H;/q;;;;;+2/p-2. The molecule has 0 saturated heterocycles. The van der Waals surface area contributed by atoms with Crippen molar-refractivity contribution in [3.63, 3.8) is 0 Å². The minimum absolute atomic E-state index is 0. The topological polar surface area (TPSA) is 0 Å². The van der Waals surface area contributed by atoms with E-state index in [2.05, 4.69) is 212 Å². The molecule has 3 heteroatoms. The Morgan fingerprint density at radius 3 is 1.16 bits per heavy atom. The van der Waals surface area contributed by atoms with Gasteiger partial charge in [-0.2, -0.15) is 0 Å². The van der Waals surface area contributed by atoms with Gasteiger partial charge in [0.05, 0.1) is 0 Å². The molecule has 2 fully saturated rings. The predicted molar refractivity (Wildman–Crippen MR) is 223 cm³/mol. The summed E-state index contributed by atoms with van der Waals surface area (Å²) in [5, 5.41) is 0. The molecular formula is C53H48Cl2Zr. The third-order valence-electron chi connectivity index (χ3n) is 13.6. The summed E-state index contributed by atoms with van der Waals surface area (Å²) in [7, 11) is 0. The van der Waals surface area contributed by atoms with Gasteiger partial charge >= 0.3 is 332 Å². The van der Waals surface area contributed by atoms with E-state index in [1.807, 2.05) is 3.21 Å². The van der Waals surface area contributed by atoms with E-state index in [0.717, 1.165) is 6.42 Å². The van der Waals surface area contributed by atoms with Crippen molar-refractivity contribution in [1.29, 1.82) is 0 Å². The predicted octanol–water partition coefficient (Wildman–Crippen LogP) is 6.42. The molecule has 4 aromatic carbocycles. The van der Waals surface area contributed by atoms with E-state index in [4.69, 9.17) is 0 Å². The zero-order chi connectivity index (χ0) is 35.8. The van der Waals surface area contributed by atoms with E-state index in [1.165, 1.54) is 22.3 Å². The molecule has 9 unspecified atom stereocenters. The van der Waals surface area contributed by atoms with Gasteiger partial charge in [0.2, 0.25) is 0 Å². The molecule has 0 amide bonds. The molecule has 0 N–H and O–H groups in total. The first kappa shape index (κ1) is 39.0. The molecule has 278 valence electrons. The van der Waals surface area contributed by atoms with Gasteiger partial charge in [-0.25, -0.2) is 0 Å². The normalized spacial score (nSPS) is 28.3. The largest absolute Gasteiger partial charge is 1.00 e. The summed E-state index contributed by atoms with van der Waals surface area (Å²) in [5.41, 5.74) is 5.70. The molecule has 6 aliphatic carbocycles. The van der Waals surface area contributed by atoms with E-state index in [0.29, 0.717) is 51.0 Å². The number of halogens is 2. The van der Waals surface area contributed by atoms with Crippen LogP contribution in [0.3, 0.4) is 0 Å². The molecule has 0 spiro atoms. The Morgan fingerprint density at radius 2 is 0.768 bits per heavy atom. The summed E-state index contributed by atoms with van der Waals surface area (Å²) in [6, 6.07) is 46.3. The Kier molecular flexibility index (Phi) is 12.1. The molecule has 0 aliphatic heterocycles. The van der Waals surface area contributed by atoms with Crippen LogP contribution in [0, 0.1) is 47.3 Å². The number of fused-ring (bicyclic) bond motifs is 8. The van der Waals surface area contributed by atoms with Crippen molar-refractivity contribution >= 4 is 3.21 Å². The van der Waals surface area contributed by atoms with Crippen LogP contribution in [0.1, 0.15) is 40.5 Å². The molecular weight excluding hydrogens is 799 g/mol. The first-order valence-corrected chi connectivity index (χ1v) is 24.1. The van der Waals surface area contributed by atoms with Gasteiger partial charge in [0.25, 0.3) is 0 Å². The number of hydrogen-bond donors (Lipinski definition) is 0. The second kappa shape index (κ2) is 17.3. The van der Waals surface area contributed by atoms with E-state index in [9.17, 15) is 0 Å². The van der Waals surface area contributed by atoms with Crippen LogP contribution in [0.2, 0.25) is 3.63 Å². The van der Waals surface area contributed by atoms with E-state index >= 15 is 0 Å². The molecule has 9 atom stereocenters. The van der Waals surface area contributed by atoms with Crippen LogP contribution >= 0.6 is 0 Å². The maximum absolute atomic E-state index is 2.97. The van der Waals surface area contributed by atoms with Crippen molar-refractivity contribution in [1.82, 2.24) is 0 Å². The van der Waals surface area contributed by atoms with Gasteiger partial charge in [-0.3, -0.25) is 0 Å². The fraction of sp³-hybridized carbons (Fsp3) is 0.226. The first-order chi connectivity index (χ1) is 26.9. The van der Waals surface area contributed by atoms with Crippen LogP contribution in [0.25, 0.3) is 0 Å². The van der Waals surface area contributed by atoms with Gasteiger partial charge in [-0.05, 0) is 0 Å². The van der Waals surface area contributed by atoms with Gasteiger partial charge in [0, 0.05) is 0 Å². The maximum Gasteiger partial charge on any atom is -1.00 e. The first-order valence-electron chi connectivity index (χ1n) is 20.2. The summed E-state index contributed by atoms with van der Waals surface area (Å²) in [6.07, 6.45) is 38.6. The van der Waals surface area contributed by atoms with Gasteiger partial charge in [-0.1, -0.05) is 0 Å². The van der Waals surface area contributed by atoms with Crippen molar-refractivity contribution in [2.24, 2.45) is 47.3 Å². The molecule has 2 saturated carbocycles. The van der Waals surface area contributed by atoms with Crippen LogP contribution in [-0.2, 0) is 21.3 Å². The molecule has 0 aromatic heterocycles. The smallest absolute Gasteiger partial charge is 1.00 e. The summed E-state index contributed by atoms with van der Waals surface area (Å²) < 4.78 is 4.22. The minimum Gasteiger partial charge on any atom is -1.00 e. The van der Waals surface area contributed by atoms with Crippen LogP contribution < -0.4 is 24.8 Å². The number of benzene rings is 4. The SMILES string of the molecule is C1=CC[C]([Zr+2](=[C](C(c2ccccc2)c2ccccc2)C(c2ccccc2)c2ccccc2)[CH]2C3C=CC=CC3C3C4C=CC=CC4C4C=CC=CC4C32)=C1.[Cl-].[Cl-]. The molecule has 0 radical (unpaired) electrons. The van der Waals surface area contributed by atoms with Gasteiger partial charge in [0.1, 0.15) is 0 Å². The molecule has 0 bridgehead atoms. The summed E-state index contributed by atoms with van der Waals surface area (Å²) >= 11 is -2.97. The monoisotopic (exact) mass is 844 g/mol. The van der Waals surface area contributed by atoms with Crippen LogP contribution in [0.4, 0.5) is 0 Å². The fourth-order valence-electron chi connectivity index (χ4n) is 11.8. The van der Waals surface area contributed by atoms with Crippen molar-refractivity contribution in [2.45, 2.75) is 21.9 Å². The Morgan fingerprint density at radius 1 is 0.411 bits per heavy atom. The van der Waals surface area contributed by atoms with Crippen molar-refractivity contribution in [3.05, 3.63) is 238 Å². The Labute approximate surface area is 353 Å². The molecule has 0 nitrogen and oxygen atoms in total. The quantitative estimate of drug-likeness (QED) is 0.193. The molecule has 0 heterocycles. The summed E-state index contributed by atoms with van der Waals surface area (Å²) in [6.45, 7) is 0. The van der Waals surface area contributed by atoms with Gasteiger partial charge in [0.15, 0.2) is 0 Å². The molecule has 6 aliphatic rings. The maximum atomic E-state index is 2.68.